The molecule has 0 aromatic heterocycles. The highest BCUT2D eigenvalue weighted by Crippen LogP contribution is 2.23. The molecular weight excluding hydrogens is 296 g/mol. The first-order valence-electron chi connectivity index (χ1n) is 9.35. The summed E-state index contributed by atoms with van der Waals surface area (Å²) in [5.74, 6) is 0. The minimum absolute atomic E-state index is 0.744. The van der Waals surface area contributed by atoms with E-state index in [-0.39, 0.29) is 0 Å². The molecule has 2 aliphatic heterocycles. The number of nitrogens with zero attached hydrogens (tertiary/aromatic N) is 4. The number of benzene rings is 1. The van der Waals surface area contributed by atoms with Crippen molar-refractivity contribution in [3.8, 4) is 6.07 Å². The van der Waals surface area contributed by atoms with E-state index in [1.54, 1.807) is 0 Å². The molecule has 2 fully saturated rings. The number of hydrogen-bond donors (Lipinski definition) is 0. The van der Waals surface area contributed by atoms with Gasteiger partial charge < -0.3 is 0 Å². The van der Waals surface area contributed by atoms with E-state index in [1.165, 1.54) is 44.6 Å². The van der Waals surface area contributed by atoms with Crippen molar-refractivity contribution in [2.45, 2.75) is 45.3 Å². The Morgan fingerprint density at radius 3 is 2.08 bits per heavy atom. The highest BCUT2D eigenvalue weighted by Gasteiger charge is 2.27. The maximum atomic E-state index is 8.87. The van der Waals surface area contributed by atoms with E-state index >= 15 is 0 Å². The van der Waals surface area contributed by atoms with Crippen LogP contribution >= 0.6 is 0 Å². The van der Waals surface area contributed by atoms with Crippen molar-refractivity contribution in [3.05, 3.63) is 35.4 Å². The van der Waals surface area contributed by atoms with Crippen LogP contribution < -0.4 is 0 Å². The van der Waals surface area contributed by atoms with Gasteiger partial charge >= 0.3 is 0 Å². The predicted octanol–water partition coefficient (Wildman–Crippen LogP) is 2.55. The predicted molar refractivity (Wildman–Crippen MR) is 97.7 cm³/mol. The molecule has 24 heavy (non-hydrogen) atoms. The number of piperazine rings is 1. The van der Waals surface area contributed by atoms with E-state index < -0.39 is 0 Å². The summed E-state index contributed by atoms with van der Waals surface area (Å²) in [6.45, 7) is 12.8. The van der Waals surface area contributed by atoms with Crippen molar-refractivity contribution in [2.75, 3.05) is 39.3 Å². The van der Waals surface area contributed by atoms with Crippen LogP contribution in [-0.2, 0) is 6.54 Å². The molecule has 0 saturated carbocycles. The molecular formula is C20H30N4. The minimum atomic E-state index is 0.744. The van der Waals surface area contributed by atoms with Gasteiger partial charge in [-0.2, -0.15) is 5.26 Å². The fourth-order valence-electron chi connectivity index (χ4n) is 4.06. The normalized spacial score (nSPS) is 26.5. The smallest absolute Gasteiger partial charge is 0.0991 e. The van der Waals surface area contributed by atoms with Crippen LogP contribution in [0, 0.1) is 11.3 Å². The molecule has 2 aliphatic rings. The zero-order valence-electron chi connectivity index (χ0n) is 15.1. The number of rotatable bonds is 5. The van der Waals surface area contributed by atoms with Gasteiger partial charge in [-0.25, -0.2) is 0 Å². The highest BCUT2D eigenvalue weighted by molar-refractivity contribution is 5.31. The Kier molecular flexibility index (Phi) is 5.89. The van der Waals surface area contributed by atoms with E-state index in [1.807, 2.05) is 12.1 Å². The summed E-state index contributed by atoms with van der Waals surface area (Å²) in [6.07, 6.45) is 2.72. The minimum Gasteiger partial charge on any atom is -0.300 e. The average Bonchev–Trinajstić information content (AvgIpc) is 2.93. The van der Waals surface area contributed by atoms with E-state index in [9.17, 15) is 0 Å². The molecule has 0 bridgehead atoms. The van der Waals surface area contributed by atoms with Crippen molar-refractivity contribution in [1.82, 2.24) is 14.7 Å². The third-order valence-electron chi connectivity index (χ3n) is 5.76. The van der Waals surface area contributed by atoms with Gasteiger partial charge in [0.15, 0.2) is 0 Å². The summed E-state index contributed by atoms with van der Waals surface area (Å²) in [7, 11) is 0. The second-order valence-electron chi connectivity index (χ2n) is 7.44. The Balaban J connectivity index is 1.40. The van der Waals surface area contributed by atoms with Gasteiger partial charge in [-0.1, -0.05) is 12.1 Å². The Bertz CT molecular complexity index is 544. The van der Waals surface area contributed by atoms with Crippen molar-refractivity contribution >= 4 is 0 Å². The lowest BCUT2D eigenvalue weighted by molar-refractivity contribution is 0.106. The molecule has 0 aliphatic carbocycles. The Hall–Kier alpha value is -1.41. The molecule has 4 heteroatoms. The molecule has 130 valence electrons. The summed E-state index contributed by atoms with van der Waals surface area (Å²) in [5, 5.41) is 8.87. The first-order valence-corrected chi connectivity index (χ1v) is 9.35. The van der Waals surface area contributed by atoms with Gasteiger partial charge in [0.25, 0.3) is 0 Å². The van der Waals surface area contributed by atoms with Crippen molar-refractivity contribution in [3.63, 3.8) is 0 Å². The third-order valence-corrected chi connectivity index (χ3v) is 5.76. The lowest BCUT2D eigenvalue weighted by Crippen LogP contribution is -2.48. The van der Waals surface area contributed by atoms with Gasteiger partial charge in [-0.15, -0.1) is 0 Å². The van der Waals surface area contributed by atoms with Gasteiger partial charge in [0.1, 0.15) is 0 Å². The molecule has 3 rings (SSSR count). The molecule has 2 atom stereocenters. The highest BCUT2D eigenvalue weighted by atomic mass is 15.3. The van der Waals surface area contributed by atoms with Crippen LogP contribution in [0.4, 0.5) is 0 Å². The first kappa shape index (κ1) is 17.4. The lowest BCUT2D eigenvalue weighted by Gasteiger charge is -2.36. The van der Waals surface area contributed by atoms with Crippen LogP contribution in [0.5, 0.6) is 0 Å². The molecule has 0 unspecified atom stereocenters. The molecule has 2 saturated heterocycles. The average molecular weight is 326 g/mol. The largest absolute Gasteiger partial charge is 0.300 e. The monoisotopic (exact) mass is 326 g/mol. The van der Waals surface area contributed by atoms with Crippen molar-refractivity contribution in [2.24, 2.45) is 0 Å². The maximum Gasteiger partial charge on any atom is 0.0991 e. The molecule has 0 N–H and O–H groups in total. The lowest BCUT2D eigenvalue weighted by atomic mass is 10.1. The number of likely N-dealkylation sites (tertiary alicyclic amines) is 1. The van der Waals surface area contributed by atoms with E-state index in [0.29, 0.717) is 0 Å². The van der Waals surface area contributed by atoms with Gasteiger partial charge in [-0.05, 0) is 44.4 Å². The first-order chi connectivity index (χ1) is 11.7. The Morgan fingerprint density at radius 1 is 0.917 bits per heavy atom. The zero-order chi connectivity index (χ0) is 16.9. The molecule has 0 radical (unpaired) electrons. The van der Waals surface area contributed by atoms with Gasteiger partial charge in [0.2, 0.25) is 0 Å². The molecule has 4 nitrogen and oxygen atoms in total. The topological polar surface area (TPSA) is 33.5 Å². The SMILES string of the molecule is C[C@@H]1CC[C@H](C)N1CCN1CCN(Cc2ccc(C#N)cc2)CC1. The van der Waals surface area contributed by atoms with Crippen LogP contribution in [0.25, 0.3) is 0 Å². The molecule has 0 amide bonds. The Morgan fingerprint density at radius 2 is 1.50 bits per heavy atom. The van der Waals surface area contributed by atoms with E-state index in [2.05, 4.69) is 46.7 Å². The molecule has 2 heterocycles. The zero-order valence-corrected chi connectivity index (χ0v) is 15.1. The standard InChI is InChI=1S/C20H30N4/c1-17-3-4-18(2)24(17)14-13-22-9-11-23(12-10-22)16-20-7-5-19(15-21)6-8-20/h5-8,17-18H,3-4,9-14,16H2,1-2H3/t17-,18+. The van der Waals surface area contributed by atoms with Crippen molar-refractivity contribution in [1.29, 1.82) is 5.26 Å². The van der Waals surface area contributed by atoms with Crippen LogP contribution in [0.15, 0.2) is 24.3 Å². The van der Waals surface area contributed by atoms with Gasteiger partial charge in [-0.3, -0.25) is 14.7 Å². The second-order valence-corrected chi connectivity index (χ2v) is 7.44. The summed E-state index contributed by atoms with van der Waals surface area (Å²) in [6, 6.07) is 11.7. The van der Waals surface area contributed by atoms with E-state index in [0.717, 1.165) is 37.3 Å². The quantitative estimate of drug-likeness (QED) is 0.833. The van der Waals surface area contributed by atoms with Gasteiger partial charge in [0.05, 0.1) is 11.6 Å². The fourth-order valence-corrected chi connectivity index (χ4v) is 4.06. The molecule has 1 aromatic carbocycles. The number of hydrogen-bond acceptors (Lipinski definition) is 4. The van der Waals surface area contributed by atoms with Gasteiger partial charge in [0, 0.05) is 57.9 Å². The van der Waals surface area contributed by atoms with Crippen LogP contribution in [-0.4, -0.2) is 66.1 Å². The number of nitriles is 1. The summed E-state index contributed by atoms with van der Waals surface area (Å²) < 4.78 is 0. The summed E-state index contributed by atoms with van der Waals surface area (Å²) >= 11 is 0. The molecule has 0 spiro atoms. The van der Waals surface area contributed by atoms with Crippen molar-refractivity contribution < 1.29 is 0 Å². The maximum absolute atomic E-state index is 8.87. The Labute approximate surface area is 146 Å². The molecule has 1 aromatic rings. The fraction of sp³-hybridized carbons (Fsp3) is 0.650. The van der Waals surface area contributed by atoms with Crippen LogP contribution in [0.2, 0.25) is 0 Å². The summed E-state index contributed by atoms with van der Waals surface area (Å²) in [4.78, 5) is 7.83. The van der Waals surface area contributed by atoms with Crippen LogP contribution in [0.1, 0.15) is 37.8 Å². The second kappa shape index (κ2) is 8.11. The third kappa shape index (κ3) is 4.36. The van der Waals surface area contributed by atoms with E-state index in [4.69, 9.17) is 5.26 Å². The van der Waals surface area contributed by atoms with Crippen LogP contribution in [0.3, 0.4) is 0 Å². The summed E-state index contributed by atoms with van der Waals surface area (Å²) in [5.41, 5.74) is 2.05.